The number of rotatable bonds is 4. The summed E-state index contributed by atoms with van der Waals surface area (Å²) in [7, 11) is 0. The Balaban J connectivity index is 1.42. The number of carbonyl (C=O) groups is 1. The van der Waals surface area contributed by atoms with E-state index in [0.717, 1.165) is 24.8 Å². The molecule has 2 saturated heterocycles. The maximum Gasteiger partial charge on any atom is 0.238 e. The van der Waals surface area contributed by atoms with E-state index < -0.39 is 0 Å². The second kappa shape index (κ2) is 8.18. The van der Waals surface area contributed by atoms with E-state index in [1.165, 1.54) is 43.0 Å². The molecule has 3 rings (SSSR count). The van der Waals surface area contributed by atoms with E-state index in [4.69, 9.17) is 0 Å². The van der Waals surface area contributed by atoms with Gasteiger partial charge >= 0.3 is 0 Å². The molecule has 4 nitrogen and oxygen atoms in total. The van der Waals surface area contributed by atoms with Gasteiger partial charge in [0.1, 0.15) is 0 Å². The van der Waals surface area contributed by atoms with Crippen LogP contribution in [0.25, 0.3) is 0 Å². The molecule has 0 saturated carbocycles. The number of likely N-dealkylation sites (tertiary alicyclic amines) is 1. The van der Waals surface area contributed by atoms with Crippen LogP contribution in [0.15, 0.2) is 24.3 Å². The molecule has 1 N–H and O–H groups in total. The monoisotopic (exact) mass is 333 g/mol. The fourth-order valence-electron chi connectivity index (χ4n) is 3.51. The van der Waals surface area contributed by atoms with Crippen molar-refractivity contribution < 1.29 is 4.79 Å². The summed E-state index contributed by atoms with van der Waals surface area (Å²) in [6, 6.07) is 8.71. The van der Waals surface area contributed by atoms with Gasteiger partial charge in [-0.3, -0.25) is 14.6 Å². The molecule has 0 bridgehead atoms. The number of amides is 1. The van der Waals surface area contributed by atoms with E-state index in [1.807, 2.05) is 31.2 Å². The first-order chi connectivity index (χ1) is 11.2. The van der Waals surface area contributed by atoms with Crippen molar-refractivity contribution in [2.24, 2.45) is 0 Å². The van der Waals surface area contributed by atoms with Crippen molar-refractivity contribution in [3.8, 4) is 0 Å². The van der Waals surface area contributed by atoms with Gasteiger partial charge in [-0.05, 0) is 37.5 Å². The molecular formula is C18H27N3OS. The molecule has 0 atom stereocenters. The molecule has 1 amide bonds. The number of nitrogens with zero attached hydrogens (tertiary/aromatic N) is 2. The first kappa shape index (κ1) is 16.8. The van der Waals surface area contributed by atoms with Gasteiger partial charge in [-0.15, -0.1) is 0 Å². The van der Waals surface area contributed by atoms with Gasteiger partial charge in [-0.2, -0.15) is 11.8 Å². The molecule has 2 fully saturated rings. The number of hydrogen-bond donors (Lipinski definition) is 1. The second-order valence-corrected chi connectivity index (χ2v) is 7.80. The molecule has 2 aliphatic heterocycles. The minimum Gasteiger partial charge on any atom is -0.325 e. The van der Waals surface area contributed by atoms with E-state index in [-0.39, 0.29) is 5.91 Å². The summed E-state index contributed by atoms with van der Waals surface area (Å²) >= 11 is 2.07. The average Bonchev–Trinajstić information content (AvgIpc) is 2.56. The molecule has 23 heavy (non-hydrogen) atoms. The first-order valence-electron chi connectivity index (χ1n) is 8.61. The summed E-state index contributed by atoms with van der Waals surface area (Å²) in [6.45, 7) is 7.10. The van der Waals surface area contributed by atoms with Crippen LogP contribution in [0.5, 0.6) is 0 Å². The summed E-state index contributed by atoms with van der Waals surface area (Å²) < 4.78 is 0. The fraction of sp³-hybridized carbons (Fsp3) is 0.611. The van der Waals surface area contributed by atoms with Gasteiger partial charge in [0, 0.05) is 49.4 Å². The Bertz CT molecular complexity index is 523. The van der Waals surface area contributed by atoms with Gasteiger partial charge < -0.3 is 5.32 Å². The molecule has 126 valence electrons. The Hall–Kier alpha value is -1.04. The van der Waals surface area contributed by atoms with Gasteiger partial charge in [-0.25, -0.2) is 0 Å². The van der Waals surface area contributed by atoms with Crippen LogP contribution in [0.1, 0.15) is 18.4 Å². The first-order valence-corrected chi connectivity index (χ1v) is 9.77. The van der Waals surface area contributed by atoms with Gasteiger partial charge in [0.15, 0.2) is 0 Å². The predicted octanol–water partition coefficient (Wildman–Crippen LogP) is 2.45. The molecule has 2 aliphatic rings. The Kier molecular flexibility index (Phi) is 5.97. The number of piperidine rings is 1. The van der Waals surface area contributed by atoms with Gasteiger partial charge in [0.2, 0.25) is 5.91 Å². The Labute approximate surface area is 143 Å². The number of thioether (sulfide) groups is 1. The third kappa shape index (κ3) is 4.96. The average molecular weight is 334 g/mol. The summed E-state index contributed by atoms with van der Waals surface area (Å²) in [6.07, 6.45) is 2.39. The van der Waals surface area contributed by atoms with E-state index in [9.17, 15) is 4.79 Å². The fourth-order valence-corrected chi connectivity index (χ4v) is 4.44. The Morgan fingerprint density at radius 1 is 1.22 bits per heavy atom. The molecule has 5 heteroatoms. The maximum atomic E-state index is 12.2. The van der Waals surface area contributed by atoms with E-state index in [2.05, 4.69) is 26.9 Å². The topological polar surface area (TPSA) is 35.6 Å². The van der Waals surface area contributed by atoms with Crippen molar-refractivity contribution in [3.05, 3.63) is 29.8 Å². The third-order valence-electron chi connectivity index (χ3n) is 4.79. The van der Waals surface area contributed by atoms with Gasteiger partial charge in [0.05, 0.1) is 6.54 Å². The van der Waals surface area contributed by atoms with Crippen molar-refractivity contribution >= 4 is 23.4 Å². The molecule has 0 spiro atoms. The highest BCUT2D eigenvalue weighted by Gasteiger charge is 2.26. The Morgan fingerprint density at radius 3 is 2.65 bits per heavy atom. The molecule has 0 radical (unpaired) electrons. The molecule has 2 heterocycles. The molecule has 0 aliphatic carbocycles. The summed E-state index contributed by atoms with van der Waals surface area (Å²) in [5.74, 6) is 2.65. The number of carbonyl (C=O) groups excluding carboxylic acids is 1. The van der Waals surface area contributed by atoms with Crippen LogP contribution < -0.4 is 5.32 Å². The Morgan fingerprint density at radius 2 is 1.96 bits per heavy atom. The standard InChI is InChI=1S/C18H27N3OS/c1-15-3-2-4-16(13-15)19-18(22)14-20-7-5-17(6-8-20)21-9-11-23-12-10-21/h2-4,13,17H,5-12,14H2,1H3,(H,19,22). The van der Waals surface area contributed by atoms with Crippen molar-refractivity contribution in [2.45, 2.75) is 25.8 Å². The normalized spacial score (nSPS) is 21.3. The lowest BCUT2D eigenvalue weighted by Crippen LogP contribution is -2.49. The van der Waals surface area contributed by atoms with Crippen molar-refractivity contribution in [1.29, 1.82) is 0 Å². The van der Waals surface area contributed by atoms with Crippen LogP contribution >= 0.6 is 11.8 Å². The minimum atomic E-state index is 0.100. The number of aryl methyl sites for hydroxylation is 1. The number of nitrogens with one attached hydrogen (secondary N) is 1. The second-order valence-electron chi connectivity index (χ2n) is 6.57. The third-order valence-corrected chi connectivity index (χ3v) is 5.73. The maximum absolute atomic E-state index is 12.2. The highest BCUT2D eigenvalue weighted by Crippen LogP contribution is 2.20. The number of benzene rings is 1. The molecule has 1 aromatic carbocycles. The molecular weight excluding hydrogens is 306 g/mol. The lowest BCUT2D eigenvalue weighted by Gasteiger charge is -2.39. The summed E-state index contributed by atoms with van der Waals surface area (Å²) in [4.78, 5) is 17.2. The molecule has 0 unspecified atom stereocenters. The van der Waals surface area contributed by atoms with Crippen molar-refractivity contribution in [3.63, 3.8) is 0 Å². The van der Waals surface area contributed by atoms with E-state index in [1.54, 1.807) is 0 Å². The smallest absolute Gasteiger partial charge is 0.238 e. The highest BCUT2D eigenvalue weighted by molar-refractivity contribution is 7.99. The van der Waals surface area contributed by atoms with E-state index in [0.29, 0.717) is 6.54 Å². The van der Waals surface area contributed by atoms with E-state index >= 15 is 0 Å². The predicted molar refractivity (Wildman–Crippen MR) is 98.2 cm³/mol. The van der Waals surface area contributed by atoms with Crippen LogP contribution in [-0.4, -0.2) is 66.0 Å². The lowest BCUT2D eigenvalue weighted by molar-refractivity contribution is -0.117. The molecule has 1 aromatic rings. The number of hydrogen-bond acceptors (Lipinski definition) is 4. The van der Waals surface area contributed by atoms with Crippen LogP contribution in [-0.2, 0) is 4.79 Å². The largest absolute Gasteiger partial charge is 0.325 e. The van der Waals surface area contributed by atoms with Crippen molar-refractivity contribution in [2.75, 3.05) is 49.5 Å². The number of anilines is 1. The zero-order valence-corrected chi connectivity index (χ0v) is 14.8. The van der Waals surface area contributed by atoms with Gasteiger partial charge in [-0.1, -0.05) is 12.1 Å². The van der Waals surface area contributed by atoms with Crippen LogP contribution in [0.3, 0.4) is 0 Å². The lowest BCUT2D eigenvalue weighted by atomic mass is 10.0. The van der Waals surface area contributed by atoms with Crippen LogP contribution in [0.2, 0.25) is 0 Å². The zero-order valence-electron chi connectivity index (χ0n) is 14.0. The SMILES string of the molecule is Cc1cccc(NC(=O)CN2CCC(N3CCSCC3)CC2)c1. The highest BCUT2D eigenvalue weighted by atomic mass is 32.2. The molecule has 0 aromatic heterocycles. The minimum absolute atomic E-state index is 0.100. The van der Waals surface area contributed by atoms with Crippen LogP contribution in [0.4, 0.5) is 5.69 Å². The van der Waals surface area contributed by atoms with Gasteiger partial charge in [0.25, 0.3) is 0 Å². The summed E-state index contributed by atoms with van der Waals surface area (Å²) in [5, 5.41) is 3.01. The zero-order chi connectivity index (χ0) is 16.1. The summed E-state index contributed by atoms with van der Waals surface area (Å²) in [5.41, 5.74) is 2.07. The quantitative estimate of drug-likeness (QED) is 0.918. The van der Waals surface area contributed by atoms with Crippen LogP contribution in [0, 0.1) is 6.92 Å². The van der Waals surface area contributed by atoms with Crippen molar-refractivity contribution in [1.82, 2.24) is 9.80 Å².